The van der Waals surface area contributed by atoms with Gasteiger partial charge in [0, 0.05) is 30.9 Å². The summed E-state index contributed by atoms with van der Waals surface area (Å²) < 4.78 is 6.03. The summed E-state index contributed by atoms with van der Waals surface area (Å²) in [5, 5.41) is 0. The lowest BCUT2D eigenvalue weighted by Crippen LogP contribution is -2.30. The van der Waals surface area contributed by atoms with Crippen LogP contribution in [0.4, 0.5) is 5.69 Å². The van der Waals surface area contributed by atoms with Gasteiger partial charge in [0.2, 0.25) is 0 Å². The van der Waals surface area contributed by atoms with Crippen LogP contribution in [0, 0.1) is 0 Å². The number of hydrogen-bond donors (Lipinski definition) is 1. The molecular formula is C18H22N2O. The van der Waals surface area contributed by atoms with Crippen molar-refractivity contribution in [2.45, 2.75) is 25.8 Å². The summed E-state index contributed by atoms with van der Waals surface area (Å²) in [5.41, 5.74) is 8.33. The second-order valence-electron chi connectivity index (χ2n) is 5.42. The number of ether oxygens (including phenoxy) is 1. The summed E-state index contributed by atoms with van der Waals surface area (Å²) in [6.45, 7) is 2.72. The Hall–Kier alpha value is -2.00. The molecule has 0 saturated carbocycles. The molecule has 1 saturated heterocycles. The zero-order valence-electron chi connectivity index (χ0n) is 12.3. The molecule has 2 N–H and O–H groups in total. The molecule has 1 aliphatic rings. The molecule has 1 fully saturated rings. The highest BCUT2D eigenvalue weighted by Gasteiger charge is 2.16. The molecule has 1 aliphatic heterocycles. The van der Waals surface area contributed by atoms with Gasteiger partial charge >= 0.3 is 0 Å². The lowest BCUT2D eigenvalue weighted by molar-refractivity contribution is 0.475. The van der Waals surface area contributed by atoms with Gasteiger partial charge in [-0.1, -0.05) is 24.3 Å². The van der Waals surface area contributed by atoms with Crippen molar-refractivity contribution in [3.05, 3.63) is 54.1 Å². The number of piperidine rings is 1. The predicted octanol–water partition coefficient (Wildman–Crippen LogP) is 3.93. The third-order valence-electron chi connectivity index (χ3n) is 3.98. The topological polar surface area (TPSA) is 38.5 Å². The summed E-state index contributed by atoms with van der Waals surface area (Å²) in [6.07, 6.45) is 3.84. The highest BCUT2D eigenvalue weighted by Crippen LogP contribution is 2.33. The van der Waals surface area contributed by atoms with E-state index in [9.17, 15) is 0 Å². The first kappa shape index (κ1) is 14.0. The van der Waals surface area contributed by atoms with Gasteiger partial charge in [0.15, 0.2) is 0 Å². The highest BCUT2D eigenvalue weighted by atomic mass is 16.5. The van der Waals surface area contributed by atoms with Crippen LogP contribution in [0.2, 0.25) is 0 Å². The molecule has 0 spiro atoms. The molecule has 0 atom stereocenters. The molecule has 3 nitrogen and oxygen atoms in total. The second-order valence-corrected chi connectivity index (χ2v) is 5.42. The molecule has 21 heavy (non-hydrogen) atoms. The van der Waals surface area contributed by atoms with E-state index in [0.717, 1.165) is 30.2 Å². The summed E-state index contributed by atoms with van der Waals surface area (Å²) in [7, 11) is 0. The number of nitrogens with two attached hydrogens (primary N) is 1. The van der Waals surface area contributed by atoms with E-state index in [1.165, 1.54) is 24.9 Å². The van der Waals surface area contributed by atoms with Crippen LogP contribution in [0.1, 0.15) is 24.8 Å². The Morgan fingerprint density at radius 1 is 0.905 bits per heavy atom. The SMILES string of the molecule is NCc1c(Oc2ccccc2)cccc1N1CCCCC1. The normalized spacial score (nSPS) is 15.0. The molecule has 3 heteroatoms. The van der Waals surface area contributed by atoms with Gasteiger partial charge in [-0.15, -0.1) is 0 Å². The maximum absolute atomic E-state index is 6.03. The largest absolute Gasteiger partial charge is 0.457 e. The number of rotatable bonds is 4. The van der Waals surface area contributed by atoms with E-state index < -0.39 is 0 Å². The standard InChI is InChI=1S/C18H22N2O/c19-14-16-17(20-12-5-2-6-13-20)10-7-11-18(16)21-15-8-3-1-4-9-15/h1,3-4,7-11H,2,5-6,12-14,19H2. The van der Waals surface area contributed by atoms with Gasteiger partial charge in [-0.3, -0.25) is 0 Å². The van der Waals surface area contributed by atoms with Crippen LogP contribution >= 0.6 is 0 Å². The van der Waals surface area contributed by atoms with E-state index in [1.54, 1.807) is 0 Å². The highest BCUT2D eigenvalue weighted by molar-refractivity contribution is 5.60. The van der Waals surface area contributed by atoms with Crippen LogP contribution in [0.15, 0.2) is 48.5 Å². The van der Waals surface area contributed by atoms with Crippen molar-refractivity contribution in [3.63, 3.8) is 0 Å². The van der Waals surface area contributed by atoms with Crippen molar-refractivity contribution < 1.29 is 4.74 Å². The quantitative estimate of drug-likeness (QED) is 0.923. The van der Waals surface area contributed by atoms with E-state index in [1.807, 2.05) is 36.4 Å². The van der Waals surface area contributed by atoms with Gasteiger partial charge in [-0.05, 0) is 43.5 Å². The third kappa shape index (κ3) is 3.19. The Morgan fingerprint density at radius 2 is 1.67 bits per heavy atom. The first-order valence-corrected chi connectivity index (χ1v) is 7.68. The molecule has 110 valence electrons. The van der Waals surface area contributed by atoms with Gasteiger partial charge in [0.25, 0.3) is 0 Å². The number of hydrogen-bond acceptors (Lipinski definition) is 3. The van der Waals surface area contributed by atoms with Crippen LogP contribution < -0.4 is 15.4 Å². The molecule has 0 aliphatic carbocycles. The van der Waals surface area contributed by atoms with Crippen molar-refractivity contribution in [3.8, 4) is 11.5 Å². The van der Waals surface area contributed by atoms with E-state index in [4.69, 9.17) is 10.5 Å². The van der Waals surface area contributed by atoms with Crippen molar-refractivity contribution >= 4 is 5.69 Å². The van der Waals surface area contributed by atoms with Crippen molar-refractivity contribution in [1.29, 1.82) is 0 Å². The zero-order chi connectivity index (χ0) is 14.5. The number of para-hydroxylation sites is 1. The molecule has 0 radical (unpaired) electrons. The molecule has 1 heterocycles. The minimum Gasteiger partial charge on any atom is -0.457 e. The smallest absolute Gasteiger partial charge is 0.133 e. The van der Waals surface area contributed by atoms with Crippen molar-refractivity contribution in [1.82, 2.24) is 0 Å². The molecule has 0 amide bonds. The molecule has 0 bridgehead atoms. The van der Waals surface area contributed by atoms with Gasteiger partial charge in [0.1, 0.15) is 11.5 Å². The Labute approximate surface area is 126 Å². The van der Waals surface area contributed by atoms with E-state index in [2.05, 4.69) is 17.0 Å². The molecule has 2 aromatic rings. The molecule has 0 aromatic heterocycles. The van der Waals surface area contributed by atoms with Crippen molar-refractivity contribution in [2.75, 3.05) is 18.0 Å². The Balaban J connectivity index is 1.90. The van der Waals surface area contributed by atoms with E-state index in [-0.39, 0.29) is 0 Å². The van der Waals surface area contributed by atoms with Crippen LogP contribution in [0.25, 0.3) is 0 Å². The van der Waals surface area contributed by atoms with Crippen molar-refractivity contribution in [2.24, 2.45) is 5.73 Å². The van der Waals surface area contributed by atoms with Crippen LogP contribution in [0.3, 0.4) is 0 Å². The molecule has 3 rings (SSSR count). The Morgan fingerprint density at radius 3 is 2.38 bits per heavy atom. The fourth-order valence-corrected chi connectivity index (χ4v) is 2.90. The Bertz CT molecular complexity index is 577. The molecule has 2 aromatic carbocycles. The maximum Gasteiger partial charge on any atom is 0.133 e. The van der Waals surface area contributed by atoms with Crippen LogP contribution in [-0.4, -0.2) is 13.1 Å². The average molecular weight is 282 g/mol. The average Bonchev–Trinajstić information content (AvgIpc) is 2.56. The summed E-state index contributed by atoms with van der Waals surface area (Å²) in [6, 6.07) is 16.1. The van der Waals surface area contributed by atoms with E-state index in [0.29, 0.717) is 6.54 Å². The summed E-state index contributed by atoms with van der Waals surface area (Å²) in [4.78, 5) is 2.43. The summed E-state index contributed by atoms with van der Waals surface area (Å²) >= 11 is 0. The van der Waals surface area contributed by atoms with Crippen LogP contribution in [-0.2, 0) is 6.54 Å². The van der Waals surface area contributed by atoms with Gasteiger partial charge < -0.3 is 15.4 Å². The monoisotopic (exact) mass is 282 g/mol. The van der Waals surface area contributed by atoms with Crippen LogP contribution in [0.5, 0.6) is 11.5 Å². The number of nitrogens with zero attached hydrogens (tertiary/aromatic N) is 1. The second kappa shape index (κ2) is 6.64. The van der Waals surface area contributed by atoms with Gasteiger partial charge in [-0.2, -0.15) is 0 Å². The van der Waals surface area contributed by atoms with Gasteiger partial charge in [0.05, 0.1) is 0 Å². The fourth-order valence-electron chi connectivity index (χ4n) is 2.90. The maximum atomic E-state index is 6.03. The first-order valence-electron chi connectivity index (χ1n) is 7.68. The first-order chi connectivity index (χ1) is 10.4. The minimum atomic E-state index is 0.495. The predicted molar refractivity (Wildman–Crippen MR) is 86.9 cm³/mol. The molecular weight excluding hydrogens is 260 g/mol. The zero-order valence-corrected chi connectivity index (χ0v) is 12.3. The number of anilines is 1. The van der Waals surface area contributed by atoms with Gasteiger partial charge in [-0.25, -0.2) is 0 Å². The van der Waals surface area contributed by atoms with E-state index >= 15 is 0 Å². The summed E-state index contributed by atoms with van der Waals surface area (Å²) in [5.74, 6) is 1.72. The Kier molecular flexibility index (Phi) is 4.41. The minimum absolute atomic E-state index is 0.495. The fraction of sp³-hybridized carbons (Fsp3) is 0.333. The lowest BCUT2D eigenvalue weighted by atomic mass is 10.1. The third-order valence-corrected chi connectivity index (χ3v) is 3.98. The lowest BCUT2D eigenvalue weighted by Gasteiger charge is -2.31. The molecule has 0 unspecified atom stereocenters. The number of benzene rings is 2.